The maximum Gasteiger partial charge on any atom is 0.0945 e. The SMILES string of the molecule is c1csc(C(NCCCn2ccnc2)C2CCCC2)c1. The molecular weight excluding hydrogens is 266 g/mol. The van der Waals surface area contributed by atoms with Crippen molar-refractivity contribution in [1.82, 2.24) is 14.9 Å². The van der Waals surface area contributed by atoms with Crippen molar-refractivity contribution in [2.24, 2.45) is 5.92 Å². The molecule has 1 aliphatic carbocycles. The lowest BCUT2D eigenvalue weighted by atomic mass is 9.96. The number of aromatic nitrogens is 2. The Balaban J connectivity index is 1.51. The van der Waals surface area contributed by atoms with Crippen LogP contribution in [0.5, 0.6) is 0 Å². The molecule has 3 rings (SSSR count). The molecule has 1 atom stereocenters. The van der Waals surface area contributed by atoms with E-state index in [0.717, 1.165) is 25.4 Å². The first-order valence-electron chi connectivity index (χ1n) is 7.66. The first-order valence-corrected chi connectivity index (χ1v) is 8.54. The van der Waals surface area contributed by atoms with E-state index < -0.39 is 0 Å². The predicted molar refractivity (Wildman–Crippen MR) is 83.9 cm³/mol. The van der Waals surface area contributed by atoms with Gasteiger partial charge in [0.15, 0.2) is 0 Å². The Bertz CT molecular complexity index is 472. The third-order valence-electron chi connectivity index (χ3n) is 4.24. The minimum Gasteiger partial charge on any atom is -0.337 e. The van der Waals surface area contributed by atoms with Crippen molar-refractivity contribution in [2.75, 3.05) is 6.54 Å². The van der Waals surface area contributed by atoms with Gasteiger partial charge in [-0.2, -0.15) is 0 Å². The molecule has 0 aliphatic heterocycles. The number of nitrogens with zero attached hydrogens (tertiary/aromatic N) is 2. The van der Waals surface area contributed by atoms with Gasteiger partial charge in [-0.1, -0.05) is 18.9 Å². The number of thiophene rings is 1. The highest BCUT2D eigenvalue weighted by Crippen LogP contribution is 2.37. The Labute approximate surface area is 125 Å². The molecule has 4 heteroatoms. The zero-order chi connectivity index (χ0) is 13.6. The van der Waals surface area contributed by atoms with Crippen LogP contribution < -0.4 is 5.32 Å². The van der Waals surface area contributed by atoms with Crippen molar-refractivity contribution >= 4 is 11.3 Å². The molecular formula is C16H23N3S. The molecule has 2 heterocycles. The molecule has 0 aromatic carbocycles. The van der Waals surface area contributed by atoms with Crippen molar-refractivity contribution < 1.29 is 0 Å². The van der Waals surface area contributed by atoms with Gasteiger partial charge < -0.3 is 9.88 Å². The number of imidazole rings is 1. The second-order valence-electron chi connectivity index (χ2n) is 5.65. The molecule has 1 aliphatic rings. The van der Waals surface area contributed by atoms with Crippen molar-refractivity contribution in [1.29, 1.82) is 0 Å². The molecule has 3 nitrogen and oxygen atoms in total. The van der Waals surface area contributed by atoms with Crippen LogP contribution in [-0.2, 0) is 6.54 Å². The van der Waals surface area contributed by atoms with Crippen molar-refractivity contribution in [3.05, 3.63) is 41.1 Å². The maximum atomic E-state index is 4.08. The maximum absolute atomic E-state index is 4.08. The van der Waals surface area contributed by atoms with Crippen LogP contribution in [0.1, 0.15) is 43.0 Å². The van der Waals surface area contributed by atoms with E-state index in [4.69, 9.17) is 0 Å². The van der Waals surface area contributed by atoms with Gasteiger partial charge >= 0.3 is 0 Å². The Morgan fingerprint density at radius 3 is 3.00 bits per heavy atom. The van der Waals surface area contributed by atoms with Gasteiger partial charge in [-0.15, -0.1) is 11.3 Å². The van der Waals surface area contributed by atoms with Gasteiger partial charge in [0.05, 0.1) is 6.33 Å². The summed E-state index contributed by atoms with van der Waals surface area (Å²) < 4.78 is 2.15. The summed E-state index contributed by atoms with van der Waals surface area (Å²) in [5, 5.41) is 6.00. The molecule has 1 N–H and O–H groups in total. The van der Waals surface area contributed by atoms with E-state index in [1.807, 2.05) is 30.1 Å². The highest BCUT2D eigenvalue weighted by molar-refractivity contribution is 7.10. The largest absolute Gasteiger partial charge is 0.337 e. The second-order valence-corrected chi connectivity index (χ2v) is 6.63. The quantitative estimate of drug-likeness (QED) is 0.785. The Kier molecular flexibility index (Phi) is 4.87. The van der Waals surface area contributed by atoms with Gasteiger partial charge in [0.2, 0.25) is 0 Å². The minimum absolute atomic E-state index is 0.570. The van der Waals surface area contributed by atoms with Gasteiger partial charge in [0, 0.05) is 29.9 Å². The van der Waals surface area contributed by atoms with E-state index in [-0.39, 0.29) is 0 Å². The molecule has 2 aromatic rings. The Morgan fingerprint density at radius 2 is 2.30 bits per heavy atom. The van der Waals surface area contributed by atoms with Crippen LogP contribution in [0.3, 0.4) is 0 Å². The highest BCUT2D eigenvalue weighted by atomic mass is 32.1. The molecule has 1 saturated carbocycles. The van der Waals surface area contributed by atoms with Gasteiger partial charge in [-0.3, -0.25) is 0 Å². The van der Waals surface area contributed by atoms with Gasteiger partial charge in [-0.05, 0) is 43.2 Å². The third-order valence-corrected chi connectivity index (χ3v) is 5.19. The smallest absolute Gasteiger partial charge is 0.0945 e. The average molecular weight is 289 g/mol. The summed E-state index contributed by atoms with van der Waals surface area (Å²) in [5.41, 5.74) is 0. The van der Waals surface area contributed by atoms with E-state index in [1.165, 1.54) is 30.6 Å². The van der Waals surface area contributed by atoms with Gasteiger partial charge in [-0.25, -0.2) is 4.98 Å². The van der Waals surface area contributed by atoms with Crippen molar-refractivity contribution in [3.63, 3.8) is 0 Å². The predicted octanol–water partition coefficient (Wildman–Crippen LogP) is 3.86. The lowest BCUT2D eigenvalue weighted by Gasteiger charge is -2.24. The van der Waals surface area contributed by atoms with Crippen LogP contribution in [0, 0.1) is 5.92 Å². The minimum atomic E-state index is 0.570. The number of nitrogens with one attached hydrogen (secondary N) is 1. The zero-order valence-electron chi connectivity index (χ0n) is 11.9. The summed E-state index contributed by atoms with van der Waals surface area (Å²) in [7, 11) is 0. The summed E-state index contributed by atoms with van der Waals surface area (Å²) in [6.45, 7) is 2.13. The number of hydrogen-bond acceptors (Lipinski definition) is 3. The highest BCUT2D eigenvalue weighted by Gasteiger charge is 2.26. The number of aryl methyl sites for hydroxylation is 1. The molecule has 0 spiro atoms. The lowest BCUT2D eigenvalue weighted by molar-refractivity contribution is 0.367. The number of rotatable bonds is 7. The molecule has 2 aromatic heterocycles. The normalized spacial score (nSPS) is 17.6. The van der Waals surface area contributed by atoms with Crippen molar-refractivity contribution in [3.8, 4) is 0 Å². The molecule has 0 amide bonds. The van der Waals surface area contributed by atoms with Gasteiger partial charge in [0.25, 0.3) is 0 Å². The van der Waals surface area contributed by atoms with Crippen LogP contribution in [-0.4, -0.2) is 16.1 Å². The summed E-state index contributed by atoms with van der Waals surface area (Å²) in [4.78, 5) is 5.60. The molecule has 1 fully saturated rings. The Hall–Kier alpha value is -1.13. The fourth-order valence-electron chi connectivity index (χ4n) is 3.20. The summed E-state index contributed by atoms with van der Waals surface area (Å²) in [6, 6.07) is 5.03. The monoisotopic (exact) mass is 289 g/mol. The van der Waals surface area contributed by atoms with Crippen LogP contribution in [0.15, 0.2) is 36.2 Å². The topological polar surface area (TPSA) is 29.9 Å². The van der Waals surface area contributed by atoms with Crippen LogP contribution in [0.25, 0.3) is 0 Å². The lowest BCUT2D eigenvalue weighted by Crippen LogP contribution is -2.28. The third kappa shape index (κ3) is 3.49. The van der Waals surface area contributed by atoms with E-state index in [1.54, 1.807) is 0 Å². The number of hydrogen-bond donors (Lipinski definition) is 1. The molecule has 1 unspecified atom stereocenters. The molecule has 20 heavy (non-hydrogen) atoms. The standard InChI is InChI=1S/C16H23N3S/c1-2-6-14(5-1)16(15-7-3-12-20-15)18-8-4-10-19-11-9-17-13-19/h3,7,9,11-14,16,18H,1-2,4-6,8,10H2. The molecule has 0 radical (unpaired) electrons. The van der Waals surface area contributed by atoms with Crippen LogP contribution in [0.4, 0.5) is 0 Å². The van der Waals surface area contributed by atoms with Crippen LogP contribution >= 0.6 is 11.3 Å². The van der Waals surface area contributed by atoms with Crippen molar-refractivity contribution in [2.45, 2.75) is 44.7 Å². The molecule has 108 valence electrons. The Morgan fingerprint density at radius 1 is 1.40 bits per heavy atom. The van der Waals surface area contributed by atoms with Gasteiger partial charge in [0.1, 0.15) is 0 Å². The first kappa shape index (κ1) is 13.8. The van der Waals surface area contributed by atoms with E-state index >= 15 is 0 Å². The molecule has 0 saturated heterocycles. The van der Waals surface area contributed by atoms with E-state index in [2.05, 4.69) is 32.4 Å². The fourth-order valence-corrected chi connectivity index (χ4v) is 4.09. The van der Waals surface area contributed by atoms with E-state index in [0.29, 0.717) is 6.04 Å². The summed E-state index contributed by atoms with van der Waals surface area (Å²) >= 11 is 1.90. The fraction of sp³-hybridized carbons (Fsp3) is 0.562. The average Bonchev–Trinajstić information content (AvgIpc) is 3.22. The van der Waals surface area contributed by atoms with Crippen LogP contribution in [0.2, 0.25) is 0 Å². The van der Waals surface area contributed by atoms with E-state index in [9.17, 15) is 0 Å². The summed E-state index contributed by atoms with van der Waals surface area (Å²) in [5.74, 6) is 0.835. The molecule has 0 bridgehead atoms. The second kappa shape index (κ2) is 7.04. The summed E-state index contributed by atoms with van der Waals surface area (Å²) in [6.07, 6.45) is 12.5. The zero-order valence-corrected chi connectivity index (χ0v) is 12.7. The first-order chi connectivity index (χ1) is 9.93.